The Morgan fingerprint density at radius 3 is 2.95 bits per heavy atom. The summed E-state index contributed by atoms with van der Waals surface area (Å²) >= 11 is 0. The summed E-state index contributed by atoms with van der Waals surface area (Å²) in [5, 5.41) is 0. The summed E-state index contributed by atoms with van der Waals surface area (Å²) in [5.74, 6) is 1.25. The molecule has 1 aliphatic heterocycles. The van der Waals surface area contributed by atoms with Crippen LogP contribution in [0.5, 0.6) is 5.75 Å². The van der Waals surface area contributed by atoms with Crippen LogP contribution in [0.2, 0.25) is 0 Å². The molecule has 3 rings (SSSR count). The predicted molar refractivity (Wildman–Crippen MR) is 71.9 cm³/mol. The fraction of sp³-hybridized carbons (Fsp3) is 0.200. The number of pyridine rings is 1. The van der Waals surface area contributed by atoms with Crippen molar-refractivity contribution in [2.75, 3.05) is 5.73 Å². The third kappa shape index (κ3) is 2.29. The van der Waals surface area contributed by atoms with Crippen molar-refractivity contribution in [3.05, 3.63) is 53.7 Å². The molecule has 96 valence electrons. The number of para-hydroxylation sites is 1. The van der Waals surface area contributed by atoms with Crippen molar-refractivity contribution in [2.24, 2.45) is 0 Å². The molecule has 0 bridgehead atoms. The minimum Gasteiger partial charge on any atom is -0.482 e. The molecule has 0 amide bonds. The van der Waals surface area contributed by atoms with Gasteiger partial charge in [-0.2, -0.15) is 0 Å². The van der Waals surface area contributed by atoms with E-state index in [4.69, 9.17) is 10.5 Å². The Balaban J connectivity index is 1.72. The number of nitrogens with zero attached hydrogens (tertiary/aromatic N) is 1. The number of Topliss-reactive ketones (excluding diaryl/α,β-unsaturated/α-hetero) is 1. The second-order valence-electron chi connectivity index (χ2n) is 4.61. The number of nitrogens with two attached hydrogens (primary N) is 1. The monoisotopic (exact) mass is 254 g/mol. The summed E-state index contributed by atoms with van der Waals surface area (Å²) in [6.45, 7) is 0. The van der Waals surface area contributed by atoms with Gasteiger partial charge in [-0.3, -0.25) is 4.79 Å². The van der Waals surface area contributed by atoms with E-state index in [1.54, 1.807) is 12.3 Å². The van der Waals surface area contributed by atoms with Crippen LogP contribution in [0.3, 0.4) is 0 Å². The van der Waals surface area contributed by atoms with E-state index in [0.717, 1.165) is 16.9 Å². The van der Waals surface area contributed by atoms with E-state index < -0.39 is 6.10 Å². The van der Waals surface area contributed by atoms with Crippen LogP contribution in [-0.2, 0) is 17.6 Å². The number of fused-ring (bicyclic) bond motifs is 1. The highest BCUT2D eigenvalue weighted by atomic mass is 16.5. The van der Waals surface area contributed by atoms with Crippen LogP contribution >= 0.6 is 0 Å². The fourth-order valence-corrected chi connectivity index (χ4v) is 2.26. The van der Waals surface area contributed by atoms with Crippen LogP contribution in [0.4, 0.5) is 5.82 Å². The second kappa shape index (κ2) is 4.72. The predicted octanol–water partition coefficient (Wildman–Crippen LogP) is 1.78. The lowest BCUT2D eigenvalue weighted by Crippen LogP contribution is -2.27. The molecule has 2 N–H and O–H groups in total. The van der Waals surface area contributed by atoms with Crippen molar-refractivity contribution in [3.63, 3.8) is 0 Å². The molecule has 2 aromatic rings. The lowest BCUT2D eigenvalue weighted by atomic mass is 10.0. The number of hydrogen-bond acceptors (Lipinski definition) is 4. The largest absolute Gasteiger partial charge is 0.482 e. The Hall–Kier alpha value is -2.36. The van der Waals surface area contributed by atoms with E-state index in [1.165, 1.54) is 0 Å². The molecule has 0 fully saturated rings. The number of ether oxygens (including phenoxy) is 1. The first-order valence-corrected chi connectivity index (χ1v) is 6.20. The minimum absolute atomic E-state index is 0.0379. The third-order valence-electron chi connectivity index (χ3n) is 3.30. The van der Waals surface area contributed by atoms with Crippen LogP contribution in [-0.4, -0.2) is 16.9 Å². The molecule has 1 aliphatic rings. The van der Waals surface area contributed by atoms with Crippen LogP contribution in [0, 0.1) is 0 Å². The minimum atomic E-state index is -0.406. The van der Waals surface area contributed by atoms with Gasteiger partial charge in [0, 0.05) is 24.6 Å². The maximum atomic E-state index is 12.2. The second-order valence-corrected chi connectivity index (χ2v) is 4.61. The SMILES string of the molecule is Nc1ncccc1CC(=O)C1Cc2ccccc2O1. The van der Waals surface area contributed by atoms with Gasteiger partial charge in [0.2, 0.25) is 0 Å². The van der Waals surface area contributed by atoms with Gasteiger partial charge in [0.25, 0.3) is 0 Å². The average molecular weight is 254 g/mol. The van der Waals surface area contributed by atoms with Crippen LogP contribution < -0.4 is 10.5 Å². The first-order valence-electron chi connectivity index (χ1n) is 6.20. The number of ketones is 1. The summed E-state index contributed by atoms with van der Waals surface area (Å²) in [6, 6.07) is 11.3. The Morgan fingerprint density at radius 2 is 2.16 bits per heavy atom. The van der Waals surface area contributed by atoms with Gasteiger partial charge in [0.1, 0.15) is 11.6 Å². The number of carbonyl (C=O) groups is 1. The molecule has 0 aliphatic carbocycles. The molecule has 1 aromatic carbocycles. The molecule has 2 heterocycles. The molecule has 1 unspecified atom stereocenters. The molecule has 4 nitrogen and oxygen atoms in total. The highest BCUT2D eigenvalue weighted by Gasteiger charge is 2.28. The Bertz CT molecular complexity index is 600. The first-order chi connectivity index (χ1) is 9.24. The summed E-state index contributed by atoms with van der Waals surface area (Å²) < 4.78 is 5.67. The van der Waals surface area contributed by atoms with Crippen LogP contribution in [0.25, 0.3) is 0 Å². The quantitative estimate of drug-likeness (QED) is 0.906. The highest BCUT2D eigenvalue weighted by molar-refractivity contribution is 5.87. The number of benzene rings is 1. The zero-order valence-corrected chi connectivity index (χ0v) is 10.4. The number of hydrogen-bond donors (Lipinski definition) is 1. The van der Waals surface area contributed by atoms with Crippen LogP contribution in [0.1, 0.15) is 11.1 Å². The molecular formula is C15H14N2O2. The Morgan fingerprint density at radius 1 is 1.32 bits per heavy atom. The lowest BCUT2D eigenvalue weighted by molar-refractivity contribution is -0.124. The number of aromatic nitrogens is 1. The van der Waals surface area contributed by atoms with Gasteiger partial charge in [0.15, 0.2) is 11.9 Å². The van der Waals surface area contributed by atoms with Gasteiger partial charge in [-0.15, -0.1) is 0 Å². The lowest BCUT2D eigenvalue weighted by Gasteiger charge is -2.10. The summed E-state index contributed by atoms with van der Waals surface area (Å²) in [6.07, 6.45) is 2.11. The van der Waals surface area contributed by atoms with E-state index in [0.29, 0.717) is 12.2 Å². The van der Waals surface area contributed by atoms with Gasteiger partial charge in [-0.25, -0.2) is 4.98 Å². The van der Waals surface area contributed by atoms with Crippen molar-refractivity contribution < 1.29 is 9.53 Å². The maximum absolute atomic E-state index is 12.2. The van der Waals surface area contributed by atoms with E-state index in [1.807, 2.05) is 30.3 Å². The molecular weight excluding hydrogens is 240 g/mol. The number of nitrogen functional groups attached to an aromatic ring is 1. The van der Waals surface area contributed by atoms with Crippen molar-refractivity contribution in [3.8, 4) is 5.75 Å². The molecule has 1 atom stereocenters. The molecule has 19 heavy (non-hydrogen) atoms. The van der Waals surface area contributed by atoms with Crippen molar-refractivity contribution in [1.82, 2.24) is 4.98 Å². The van der Waals surface area contributed by atoms with Crippen molar-refractivity contribution in [1.29, 1.82) is 0 Å². The number of anilines is 1. The number of rotatable bonds is 3. The molecule has 0 radical (unpaired) electrons. The van der Waals surface area contributed by atoms with Gasteiger partial charge in [-0.1, -0.05) is 24.3 Å². The summed E-state index contributed by atoms with van der Waals surface area (Å²) in [7, 11) is 0. The van der Waals surface area contributed by atoms with E-state index in [2.05, 4.69) is 4.98 Å². The summed E-state index contributed by atoms with van der Waals surface area (Å²) in [5.41, 5.74) is 7.59. The Labute approximate surface area is 111 Å². The molecule has 4 heteroatoms. The molecule has 0 saturated carbocycles. The number of carbonyl (C=O) groups excluding carboxylic acids is 1. The topological polar surface area (TPSA) is 65.2 Å². The van der Waals surface area contributed by atoms with Gasteiger partial charge >= 0.3 is 0 Å². The van der Waals surface area contributed by atoms with Crippen molar-refractivity contribution >= 4 is 11.6 Å². The third-order valence-corrected chi connectivity index (χ3v) is 3.30. The normalized spacial score (nSPS) is 16.7. The average Bonchev–Trinajstić information content (AvgIpc) is 2.85. The molecule has 0 saturated heterocycles. The van der Waals surface area contributed by atoms with Gasteiger partial charge in [0.05, 0.1) is 0 Å². The zero-order valence-electron chi connectivity index (χ0n) is 10.4. The maximum Gasteiger partial charge on any atom is 0.178 e. The van der Waals surface area contributed by atoms with Gasteiger partial charge < -0.3 is 10.5 Å². The highest BCUT2D eigenvalue weighted by Crippen LogP contribution is 2.29. The molecule has 0 spiro atoms. The van der Waals surface area contributed by atoms with Crippen LogP contribution in [0.15, 0.2) is 42.6 Å². The van der Waals surface area contributed by atoms with E-state index in [-0.39, 0.29) is 12.2 Å². The van der Waals surface area contributed by atoms with Crippen molar-refractivity contribution in [2.45, 2.75) is 18.9 Å². The molecule has 1 aromatic heterocycles. The fourth-order valence-electron chi connectivity index (χ4n) is 2.26. The summed E-state index contributed by atoms with van der Waals surface area (Å²) in [4.78, 5) is 16.2. The van der Waals surface area contributed by atoms with E-state index in [9.17, 15) is 4.79 Å². The first kappa shape index (κ1) is 11.7. The van der Waals surface area contributed by atoms with Gasteiger partial charge in [-0.05, 0) is 17.7 Å². The Kier molecular flexibility index (Phi) is 2.91. The smallest absolute Gasteiger partial charge is 0.178 e. The standard InChI is InChI=1S/C15H14N2O2/c16-15-11(5-3-7-17-15)8-12(18)14-9-10-4-1-2-6-13(10)19-14/h1-7,14H,8-9H2,(H2,16,17). The van der Waals surface area contributed by atoms with E-state index >= 15 is 0 Å². The zero-order chi connectivity index (χ0) is 13.2.